The monoisotopic (exact) mass is 140 g/mol. The molecule has 0 fully saturated rings. The number of rotatable bonds is 1. The van der Waals surface area contributed by atoms with Crippen molar-refractivity contribution in [3.8, 4) is 0 Å². The number of hydrogen-bond acceptors (Lipinski definition) is 2. The van der Waals surface area contributed by atoms with Crippen LogP contribution in [0.4, 0.5) is 10.1 Å². The summed E-state index contributed by atoms with van der Waals surface area (Å²) in [6.45, 7) is 1.76. The number of halogens is 1. The number of aromatic nitrogens is 1. The zero-order valence-electron chi connectivity index (χ0n) is 5.98. The first-order valence-electron chi connectivity index (χ1n) is 3.04. The highest BCUT2D eigenvalue weighted by atomic mass is 19.1. The smallest absolute Gasteiger partial charge is 0.149 e. The van der Waals surface area contributed by atoms with E-state index in [1.165, 1.54) is 12.3 Å². The van der Waals surface area contributed by atoms with E-state index in [0.717, 1.165) is 0 Å². The predicted molar refractivity (Wildman–Crippen MR) is 38.5 cm³/mol. The van der Waals surface area contributed by atoms with Crippen molar-refractivity contribution in [2.24, 2.45) is 0 Å². The summed E-state index contributed by atoms with van der Waals surface area (Å²) < 4.78 is 12.7. The van der Waals surface area contributed by atoms with Gasteiger partial charge in [0.05, 0.1) is 11.4 Å². The highest BCUT2D eigenvalue weighted by Gasteiger charge is 2.01. The largest absolute Gasteiger partial charge is 0.384 e. The molecule has 0 unspecified atom stereocenters. The molecule has 1 aromatic rings. The van der Waals surface area contributed by atoms with E-state index < -0.39 is 0 Å². The molecule has 0 aliphatic rings. The number of pyridine rings is 1. The molecule has 1 rings (SSSR count). The maximum Gasteiger partial charge on any atom is 0.149 e. The Morgan fingerprint density at radius 1 is 1.60 bits per heavy atom. The lowest BCUT2D eigenvalue weighted by atomic mass is 10.3. The number of anilines is 1. The molecule has 0 aromatic carbocycles. The van der Waals surface area contributed by atoms with Gasteiger partial charge >= 0.3 is 0 Å². The molecule has 0 radical (unpaired) electrons. The Balaban J connectivity index is 3.17. The van der Waals surface area contributed by atoms with Crippen LogP contribution >= 0.6 is 0 Å². The fraction of sp³-hybridized carbons (Fsp3) is 0.286. The van der Waals surface area contributed by atoms with Crippen LogP contribution in [0.5, 0.6) is 0 Å². The second-order valence-electron chi connectivity index (χ2n) is 2.00. The first-order valence-corrected chi connectivity index (χ1v) is 3.04. The van der Waals surface area contributed by atoms with Crippen LogP contribution in [-0.4, -0.2) is 12.0 Å². The third kappa shape index (κ3) is 1.07. The summed E-state index contributed by atoms with van der Waals surface area (Å²) in [4.78, 5) is 3.91. The standard InChI is InChI=1S/C7H9FN2/c1-5-7(9-2)6(8)3-4-10-5/h3-4,9H,1-2H3. The van der Waals surface area contributed by atoms with Crippen LogP contribution in [0.1, 0.15) is 5.69 Å². The van der Waals surface area contributed by atoms with Gasteiger partial charge in [-0.1, -0.05) is 0 Å². The van der Waals surface area contributed by atoms with E-state index in [2.05, 4.69) is 10.3 Å². The predicted octanol–water partition coefficient (Wildman–Crippen LogP) is 1.57. The Bertz CT molecular complexity index is 215. The minimum atomic E-state index is -0.255. The second-order valence-corrected chi connectivity index (χ2v) is 2.00. The average Bonchev–Trinajstić information content (AvgIpc) is 1.88. The van der Waals surface area contributed by atoms with E-state index in [-0.39, 0.29) is 5.82 Å². The molecule has 0 saturated heterocycles. The third-order valence-electron chi connectivity index (χ3n) is 1.34. The molecular weight excluding hydrogens is 131 g/mol. The minimum Gasteiger partial charge on any atom is -0.384 e. The van der Waals surface area contributed by atoms with Crippen molar-refractivity contribution in [1.82, 2.24) is 4.98 Å². The van der Waals surface area contributed by atoms with Gasteiger partial charge in [0.25, 0.3) is 0 Å². The Morgan fingerprint density at radius 3 is 2.70 bits per heavy atom. The van der Waals surface area contributed by atoms with E-state index >= 15 is 0 Å². The number of nitrogens with zero attached hydrogens (tertiary/aromatic N) is 1. The fourth-order valence-electron chi connectivity index (χ4n) is 0.836. The first kappa shape index (κ1) is 6.99. The van der Waals surface area contributed by atoms with Gasteiger partial charge < -0.3 is 5.32 Å². The molecule has 1 heterocycles. The Hall–Kier alpha value is -1.12. The van der Waals surface area contributed by atoms with Gasteiger partial charge in [-0.05, 0) is 13.0 Å². The molecule has 0 aliphatic heterocycles. The summed E-state index contributed by atoms with van der Waals surface area (Å²) >= 11 is 0. The summed E-state index contributed by atoms with van der Waals surface area (Å²) in [5.74, 6) is -0.255. The molecule has 2 nitrogen and oxygen atoms in total. The topological polar surface area (TPSA) is 24.9 Å². The van der Waals surface area contributed by atoms with Gasteiger partial charge in [0, 0.05) is 13.2 Å². The highest BCUT2D eigenvalue weighted by Crippen LogP contribution is 2.14. The van der Waals surface area contributed by atoms with E-state index in [1.54, 1.807) is 14.0 Å². The van der Waals surface area contributed by atoms with Crippen molar-refractivity contribution in [2.75, 3.05) is 12.4 Å². The SMILES string of the molecule is CNc1c(F)ccnc1C. The maximum absolute atomic E-state index is 12.7. The van der Waals surface area contributed by atoms with Crippen molar-refractivity contribution in [1.29, 1.82) is 0 Å². The normalized spacial score (nSPS) is 9.50. The lowest BCUT2D eigenvalue weighted by Gasteiger charge is -2.03. The average molecular weight is 140 g/mol. The molecule has 0 aliphatic carbocycles. The van der Waals surface area contributed by atoms with Crippen LogP contribution in [0.3, 0.4) is 0 Å². The van der Waals surface area contributed by atoms with Gasteiger partial charge in [0.2, 0.25) is 0 Å². The number of hydrogen-bond donors (Lipinski definition) is 1. The number of aryl methyl sites for hydroxylation is 1. The van der Waals surface area contributed by atoms with Gasteiger partial charge in [-0.2, -0.15) is 0 Å². The van der Waals surface area contributed by atoms with Gasteiger partial charge in [-0.15, -0.1) is 0 Å². The lowest BCUT2D eigenvalue weighted by molar-refractivity contribution is 0.627. The summed E-state index contributed by atoms with van der Waals surface area (Å²) in [6, 6.07) is 1.33. The van der Waals surface area contributed by atoms with Crippen LogP contribution in [0.2, 0.25) is 0 Å². The van der Waals surface area contributed by atoms with Gasteiger partial charge in [0.1, 0.15) is 5.82 Å². The molecule has 0 amide bonds. The van der Waals surface area contributed by atoms with E-state index in [1.807, 2.05) is 0 Å². The highest BCUT2D eigenvalue weighted by molar-refractivity contribution is 5.47. The molecule has 0 saturated carbocycles. The summed E-state index contributed by atoms with van der Waals surface area (Å²) in [6.07, 6.45) is 1.45. The van der Waals surface area contributed by atoms with Gasteiger partial charge in [-0.25, -0.2) is 4.39 Å². The van der Waals surface area contributed by atoms with Gasteiger partial charge in [0.15, 0.2) is 0 Å². The Labute approximate surface area is 59.1 Å². The van der Waals surface area contributed by atoms with Crippen LogP contribution in [0, 0.1) is 12.7 Å². The zero-order chi connectivity index (χ0) is 7.56. The van der Waals surface area contributed by atoms with Crippen molar-refractivity contribution in [2.45, 2.75) is 6.92 Å². The molecule has 0 atom stereocenters. The fourth-order valence-corrected chi connectivity index (χ4v) is 0.836. The molecule has 0 bridgehead atoms. The van der Waals surface area contributed by atoms with Crippen LogP contribution in [0.25, 0.3) is 0 Å². The minimum absolute atomic E-state index is 0.255. The molecule has 0 spiro atoms. The Kier molecular flexibility index (Phi) is 1.85. The number of nitrogens with one attached hydrogen (secondary N) is 1. The van der Waals surface area contributed by atoms with E-state index in [0.29, 0.717) is 11.4 Å². The van der Waals surface area contributed by atoms with Crippen molar-refractivity contribution < 1.29 is 4.39 Å². The summed E-state index contributed by atoms with van der Waals surface area (Å²) in [7, 11) is 1.67. The van der Waals surface area contributed by atoms with Crippen LogP contribution in [-0.2, 0) is 0 Å². The zero-order valence-corrected chi connectivity index (χ0v) is 5.98. The maximum atomic E-state index is 12.7. The molecule has 10 heavy (non-hydrogen) atoms. The lowest BCUT2D eigenvalue weighted by Crippen LogP contribution is -1.96. The van der Waals surface area contributed by atoms with Crippen LogP contribution in [0.15, 0.2) is 12.3 Å². The molecule has 3 heteroatoms. The summed E-state index contributed by atoms with van der Waals surface area (Å²) in [5, 5.41) is 2.73. The van der Waals surface area contributed by atoms with Crippen molar-refractivity contribution in [3.05, 3.63) is 23.8 Å². The van der Waals surface area contributed by atoms with E-state index in [4.69, 9.17) is 0 Å². The van der Waals surface area contributed by atoms with Crippen molar-refractivity contribution >= 4 is 5.69 Å². The van der Waals surface area contributed by atoms with Gasteiger partial charge in [-0.3, -0.25) is 4.98 Å². The van der Waals surface area contributed by atoms with E-state index in [9.17, 15) is 4.39 Å². The molecule has 54 valence electrons. The second kappa shape index (κ2) is 2.64. The van der Waals surface area contributed by atoms with Crippen LogP contribution < -0.4 is 5.32 Å². The third-order valence-corrected chi connectivity index (χ3v) is 1.34. The molecule has 1 N–H and O–H groups in total. The quantitative estimate of drug-likeness (QED) is 0.640. The molecular formula is C7H9FN2. The first-order chi connectivity index (χ1) is 4.75. The summed E-state index contributed by atoms with van der Waals surface area (Å²) in [5.41, 5.74) is 1.16. The van der Waals surface area contributed by atoms with Crippen molar-refractivity contribution in [3.63, 3.8) is 0 Å². The molecule has 1 aromatic heterocycles. The Morgan fingerprint density at radius 2 is 2.30 bits per heavy atom.